The van der Waals surface area contributed by atoms with Crippen molar-refractivity contribution in [2.75, 3.05) is 31.5 Å². The van der Waals surface area contributed by atoms with E-state index >= 15 is 0 Å². The quantitative estimate of drug-likeness (QED) is 0.473. The normalized spacial score (nSPS) is 20.3. The van der Waals surface area contributed by atoms with Gasteiger partial charge < -0.3 is 25.4 Å². The van der Waals surface area contributed by atoms with E-state index in [0.29, 0.717) is 30.2 Å². The number of ether oxygens (including phenoxy) is 1. The number of piperidine rings is 1. The van der Waals surface area contributed by atoms with Crippen molar-refractivity contribution in [1.82, 2.24) is 20.2 Å². The first kappa shape index (κ1) is 22.2. The zero-order valence-corrected chi connectivity index (χ0v) is 18.7. The average molecular weight is 459 g/mol. The Morgan fingerprint density at radius 1 is 1.29 bits per heavy atom. The van der Waals surface area contributed by atoms with E-state index in [-0.39, 0.29) is 18.6 Å². The minimum absolute atomic E-state index is 0.0327. The van der Waals surface area contributed by atoms with E-state index in [0.717, 1.165) is 48.1 Å². The predicted molar refractivity (Wildman–Crippen MR) is 126 cm³/mol. The Balaban J connectivity index is 1.15. The lowest BCUT2D eigenvalue weighted by Crippen LogP contribution is -2.52. The van der Waals surface area contributed by atoms with Gasteiger partial charge in [-0.2, -0.15) is 5.26 Å². The van der Waals surface area contributed by atoms with Crippen molar-refractivity contribution in [2.45, 2.75) is 31.5 Å². The second kappa shape index (κ2) is 9.73. The van der Waals surface area contributed by atoms with Crippen molar-refractivity contribution in [2.24, 2.45) is 0 Å². The van der Waals surface area contributed by atoms with Gasteiger partial charge in [-0.05, 0) is 61.3 Å². The van der Waals surface area contributed by atoms with Crippen LogP contribution in [-0.2, 0) is 17.8 Å². The molecule has 34 heavy (non-hydrogen) atoms. The highest BCUT2D eigenvalue weighted by molar-refractivity contribution is 5.83. The maximum Gasteiger partial charge on any atom is 0.332 e. The maximum absolute atomic E-state index is 11.5. The van der Waals surface area contributed by atoms with Crippen LogP contribution in [-0.4, -0.2) is 64.3 Å². The van der Waals surface area contributed by atoms with E-state index in [1.54, 1.807) is 12.3 Å². The number of fused-ring (bicyclic) bond motifs is 2. The van der Waals surface area contributed by atoms with Crippen LogP contribution in [0.3, 0.4) is 0 Å². The molecular formula is C25H26N6O3. The van der Waals surface area contributed by atoms with Crippen LogP contribution >= 0.6 is 0 Å². The van der Waals surface area contributed by atoms with Gasteiger partial charge in [0.15, 0.2) is 0 Å². The molecule has 4 heterocycles. The number of nitriles is 1. The third kappa shape index (κ3) is 4.84. The first-order valence-electron chi connectivity index (χ1n) is 11.4. The van der Waals surface area contributed by atoms with Gasteiger partial charge in [-0.15, -0.1) is 0 Å². The lowest BCUT2D eigenvalue weighted by Gasteiger charge is -2.36. The molecule has 0 radical (unpaired) electrons. The summed E-state index contributed by atoms with van der Waals surface area (Å²) in [5.74, 6) is -0.0467. The highest BCUT2D eigenvalue weighted by Crippen LogP contribution is 2.25. The van der Waals surface area contributed by atoms with Crippen molar-refractivity contribution < 1.29 is 14.6 Å². The molecule has 0 spiro atoms. The number of carbonyl (C=O) groups is 1. The number of aliphatic hydroxyl groups excluding tert-OH is 1. The van der Waals surface area contributed by atoms with Crippen molar-refractivity contribution in [3.63, 3.8) is 0 Å². The number of β-amino-alcohol motifs (C(OH)–C–C–N with tert-alkyl or cyclic N) is 1. The number of aliphatic hydroxyl groups is 1. The zero-order valence-electron chi connectivity index (χ0n) is 18.7. The van der Waals surface area contributed by atoms with Crippen LogP contribution < -0.4 is 15.4 Å². The molecule has 3 aromatic rings. The number of nitrogens with zero attached hydrogens (tertiary/aromatic N) is 4. The fourth-order valence-electron chi connectivity index (χ4n) is 4.54. The first-order chi connectivity index (χ1) is 16.6. The summed E-state index contributed by atoms with van der Waals surface area (Å²) in [4.78, 5) is 22.5. The van der Waals surface area contributed by atoms with Gasteiger partial charge in [0, 0.05) is 37.3 Å². The summed E-state index contributed by atoms with van der Waals surface area (Å²) in [6.07, 6.45) is 2.95. The largest absolute Gasteiger partial charge is 0.404 e. The second-order valence-electron chi connectivity index (χ2n) is 8.69. The number of carbonyl (C=O) groups excluding carboxylic acids is 1. The summed E-state index contributed by atoms with van der Waals surface area (Å²) >= 11 is 0. The van der Waals surface area contributed by atoms with E-state index in [1.165, 1.54) is 0 Å². The third-order valence-electron chi connectivity index (χ3n) is 6.42. The average Bonchev–Trinajstić information content (AvgIpc) is 2.86. The van der Waals surface area contributed by atoms with Gasteiger partial charge in [-0.25, -0.2) is 9.78 Å². The molecule has 9 heteroatoms. The van der Waals surface area contributed by atoms with Crippen LogP contribution in [0.15, 0.2) is 42.6 Å². The van der Waals surface area contributed by atoms with Crippen molar-refractivity contribution in [1.29, 1.82) is 5.26 Å². The van der Waals surface area contributed by atoms with Crippen LogP contribution in [0.1, 0.15) is 23.2 Å². The molecule has 1 fully saturated rings. The van der Waals surface area contributed by atoms with Crippen molar-refractivity contribution >= 4 is 22.6 Å². The van der Waals surface area contributed by atoms with E-state index in [1.807, 2.05) is 30.3 Å². The van der Waals surface area contributed by atoms with Crippen LogP contribution in [0.25, 0.3) is 10.9 Å². The minimum Gasteiger partial charge on any atom is -0.404 e. The number of esters is 1. The summed E-state index contributed by atoms with van der Waals surface area (Å²) in [5.41, 5.74) is 4.15. The molecule has 2 aliphatic heterocycles. The summed E-state index contributed by atoms with van der Waals surface area (Å²) in [5, 5.41) is 27.3. The Morgan fingerprint density at radius 2 is 2.21 bits per heavy atom. The standard InChI is InChI=1S/C25H26N6O3/c26-12-16-1-3-20-19(11-16)17(5-8-27-20)6-9-31-10-7-21(23(32)15-31)28-13-18-2-4-22-25(30-18)34-24(33)14-29-22/h1-5,8,11,21,23,28-29,32H,6-7,9-10,13-15H2. The molecule has 0 bridgehead atoms. The third-order valence-corrected chi connectivity index (χ3v) is 6.42. The van der Waals surface area contributed by atoms with Crippen molar-refractivity contribution in [3.8, 4) is 11.9 Å². The zero-order chi connectivity index (χ0) is 23.5. The van der Waals surface area contributed by atoms with Crippen LogP contribution in [0.5, 0.6) is 5.88 Å². The highest BCUT2D eigenvalue weighted by atomic mass is 16.5. The lowest BCUT2D eigenvalue weighted by molar-refractivity contribution is -0.133. The molecule has 2 atom stereocenters. The Hall–Kier alpha value is -3.58. The predicted octanol–water partition coefficient (Wildman–Crippen LogP) is 1.60. The second-order valence-corrected chi connectivity index (χ2v) is 8.69. The SMILES string of the molecule is N#Cc1ccc2nccc(CCN3CCC(NCc4ccc5c(n4)OC(=O)CN5)C(O)C3)c2c1. The number of benzene rings is 1. The fraction of sp³-hybridized carbons (Fsp3) is 0.360. The van der Waals surface area contributed by atoms with Crippen molar-refractivity contribution in [3.05, 3.63) is 59.4 Å². The number of rotatable bonds is 6. The molecule has 3 N–H and O–H groups in total. The number of likely N-dealkylation sites (tertiary alicyclic amines) is 1. The van der Waals surface area contributed by atoms with E-state index in [9.17, 15) is 15.2 Å². The molecule has 0 saturated carbocycles. The van der Waals surface area contributed by atoms with Crippen LogP contribution in [0.4, 0.5) is 5.69 Å². The number of hydrogen-bond acceptors (Lipinski definition) is 9. The summed E-state index contributed by atoms with van der Waals surface area (Å²) in [6, 6.07) is 13.5. The van der Waals surface area contributed by atoms with Gasteiger partial charge >= 0.3 is 5.97 Å². The Labute approximate surface area is 197 Å². The maximum atomic E-state index is 11.5. The number of nitrogens with one attached hydrogen (secondary N) is 2. The van der Waals surface area contributed by atoms with Crippen LogP contribution in [0, 0.1) is 11.3 Å². The molecule has 0 aliphatic carbocycles. The Morgan fingerprint density at radius 3 is 3.06 bits per heavy atom. The van der Waals surface area contributed by atoms with E-state index in [2.05, 4.69) is 31.6 Å². The fourth-order valence-corrected chi connectivity index (χ4v) is 4.54. The molecule has 5 rings (SSSR count). The summed E-state index contributed by atoms with van der Waals surface area (Å²) < 4.78 is 5.19. The first-order valence-corrected chi connectivity index (χ1v) is 11.4. The van der Waals surface area contributed by atoms with Gasteiger partial charge in [0.1, 0.15) is 6.54 Å². The number of aromatic nitrogens is 2. The molecule has 1 aromatic carbocycles. The molecular weight excluding hydrogens is 432 g/mol. The lowest BCUT2D eigenvalue weighted by atomic mass is 10.00. The number of hydrogen-bond donors (Lipinski definition) is 3. The monoisotopic (exact) mass is 458 g/mol. The molecule has 1 saturated heterocycles. The summed E-state index contributed by atoms with van der Waals surface area (Å²) in [7, 11) is 0. The Kier molecular flexibility index (Phi) is 6.36. The van der Waals surface area contributed by atoms with E-state index < -0.39 is 6.10 Å². The van der Waals surface area contributed by atoms with Gasteiger partial charge in [0.05, 0.1) is 34.6 Å². The molecule has 2 aliphatic rings. The molecule has 9 nitrogen and oxygen atoms in total. The number of anilines is 1. The smallest absolute Gasteiger partial charge is 0.332 e. The topological polar surface area (TPSA) is 123 Å². The minimum atomic E-state index is -0.495. The van der Waals surface area contributed by atoms with Gasteiger partial charge in [0.25, 0.3) is 0 Å². The van der Waals surface area contributed by atoms with E-state index in [4.69, 9.17) is 4.74 Å². The van der Waals surface area contributed by atoms with Gasteiger partial charge in [0.2, 0.25) is 5.88 Å². The van der Waals surface area contributed by atoms with Gasteiger partial charge in [-0.3, -0.25) is 4.98 Å². The highest BCUT2D eigenvalue weighted by Gasteiger charge is 2.27. The molecule has 174 valence electrons. The van der Waals surface area contributed by atoms with Gasteiger partial charge in [-0.1, -0.05) is 0 Å². The molecule has 0 amide bonds. The number of pyridine rings is 2. The molecule has 2 aromatic heterocycles. The van der Waals surface area contributed by atoms with Crippen LogP contribution in [0.2, 0.25) is 0 Å². The summed E-state index contributed by atoms with van der Waals surface area (Å²) in [6.45, 7) is 2.92. The molecule has 2 unspecified atom stereocenters. The Bertz CT molecular complexity index is 1260.